The maximum absolute atomic E-state index is 11.9. The molecule has 0 spiro atoms. The summed E-state index contributed by atoms with van der Waals surface area (Å²) in [6, 6.07) is 15.7. The second-order valence-electron chi connectivity index (χ2n) is 4.52. The van der Waals surface area contributed by atoms with Gasteiger partial charge >= 0.3 is 0 Å². The molecule has 0 aromatic heterocycles. The van der Waals surface area contributed by atoms with Crippen molar-refractivity contribution in [2.75, 3.05) is 0 Å². The van der Waals surface area contributed by atoms with Gasteiger partial charge in [-0.15, -0.1) is 0 Å². The predicted octanol–water partition coefficient (Wildman–Crippen LogP) is 3.21. The summed E-state index contributed by atoms with van der Waals surface area (Å²) in [4.78, 5) is 34.1. The van der Waals surface area contributed by atoms with E-state index in [1.165, 1.54) is 0 Å². The Morgan fingerprint density at radius 3 is 2.24 bits per heavy atom. The van der Waals surface area contributed by atoms with E-state index in [2.05, 4.69) is 0 Å². The first-order chi connectivity index (χ1) is 10.1. The third-order valence-corrected chi connectivity index (χ3v) is 2.85. The smallest absolute Gasteiger partial charge is 0.205 e. The van der Waals surface area contributed by atoms with E-state index >= 15 is 0 Å². The van der Waals surface area contributed by atoms with E-state index in [9.17, 15) is 14.4 Å². The van der Waals surface area contributed by atoms with Crippen molar-refractivity contribution in [3.8, 4) is 11.5 Å². The number of ketones is 3. The molecule has 0 N–H and O–H groups in total. The highest BCUT2D eigenvalue weighted by Gasteiger charge is 2.15. The number of Topliss-reactive ketones (excluding diaryl/α,β-unsaturated/α-hetero) is 3. The normalized spacial score (nSPS) is 9.95. The Bertz CT molecular complexity index is 674. The molecule has 0 bridgehead atoms. The van der Waals surface area contributed by atoms with Gasteiger partial charge in [0.1, 0.15) is 11.5 Å². The van der Waals surface area contributed by atoms with E-state index < -0.39 is 23.8 Å². The molecule has 0 atom stereocenters. The maximum atomic E-state index is 11.9. The molecule has 0 radical (unpaired) electrons. The summed E-state index contributed by atoms with van der Waals surface area (Å²) >= 11 is 0. The van der Waals surface area contributed by atoms with Gasteiger partial charge in [0.25, 0.3) is 0 Å². The largest absolute Gasteiger partial charge is 0.457 e. The fourth-order valence-corrected chi connectivity index (χ4v) is 1.73. The number of carbonyl (C=O) groups excluding carboxylic acids is 3. The van der Waals surface area contributed by atoms with Crippen molar-refractivity contribution >= 4 is 17.3 Å². The molecule has 4 heteroatoms. The lowest BCUT2D eigenvalue weighted by atomic mass is 10.0. The summed E-state index contributed by atoms with van der Waals surface area (Å²) in [5, 5.41) is 0. The fourth-order valence-electron chi connectivity index (χ4n) is 1.73. The van der Waals surface area contributed by atoms with Crippen LogP contribution in [0.15, 0.2) is 54.6 Å². The molecule has 0 aliphatic heterocycles. The Balaban J connectivity index is 2.12. The Labute approximate surface area is 122 Å². The summed E-state index contributed by atoms with van der Waals surface area (Å²) in [6.07, 6.45) is -0.413. The Hall–Kier alpha value is -2.75. The third-order valence-electron chi connectivity index (χ3n) is 2.85. The highest BCUT2D eigenvalue weighted by Crippen LogP contribution is 2.22. The van der Waals surface area contributed by atoms with Crippen molar-refractivity contribution in [2.45, 2.75) is 13.3 Å². The summed E-state index contributed by atoms with van der Waals surface area (Å²) in [5.41, 5.74) is 0.345. The molecular formula is C17H14O4. The van der Waals surface area contributed by atoms with Gasteiger partial charge < -0.3 is 4.74 Å². The van der Waals surface area contributed by atoms with Crippen LogP contribution in [0.5, 0.6) is 11.5 Å². The van der Waals surface area contributed by atoms with Crippen LogP contribution < -0.4 is 4.74 Å². The van der Waals surface area contributed by atoms with Crippen molar-refractivity contribution < 1.29 is 19.1 Å². The van der Waals surface area contributed by atoms with Crippen LogP contribution in [-0.2, 0) is 9.59 Å². The number of ether oxygens (including phenoxy) is 1. The van der Waals surface area contributed by atoms with E-state index in [1.54, 1.807) is 36.4 Å². The molecule has 0 saturated heterocycles. The van der Waals surface area contributed by atoms with Crippen LogP contribution in [0.1, 0.15) is 23.7 Å². The Morgan fingerprint density at radius 2 is 1.57 bits per heavy atom. The van der Waals surface area contributed by atoms with Crippen LogP contribution in [0.2, 0.25) is 0 Å². The van der Waals surface area contributed by atoms with Gasteiger partial charge in [0.2, 0.25) is 5.78 Å². The number of hydrogen-bond acceptors (Lipinski definition) is 4. The number of para-hydroxylation sites is 1. The molecule has 0 aliphatic carbocycles. The van der Waals surface area contributed by atoms with Crippen LogP contribution in [0, 0.1) is 0 Å². The quantitative estimate of drug-likeness (QED) is 0.463. The Kier molecular flexibility index (Phi) is 4.61. The first-order valence-electron chi connectivity index (χ1n) is 6.46. The molecule has 0 saturated carbocycles. The zero-order valence-corrected chi connectivity index (χ0v) is 11.5. The second-order valence-corrected chi connectivity index (χ2v) is 4.52. The number of benzene rings is 2. The molecule has 0 aliphatic rings. The predicted molar refractivity (Wildman–Crippen MR) is 77.6 cm³/mol. The lowest BCUT2D eigenvalue weighted by Crippen LogP contribution is -2.15. The minimum absolute atomic E-state index is 0.345. The highest BCUT2D eigenvalue weighted by molar-refractivity contribution is 6.40. The monoisotopic (exact) mass is 282 g/mol. The van der Waals surface area contributed by atoms with Crippen LogP contribution in [-0.4, -0.2) is 17.3 Å². The molecule has 106 valence electrons. The van der Waals surface area contributed by atoms with Gasteiger partial charge in [-0.2, -0.15) is 0 Å². The van der Waals surface area contributed by atoms with Gasteiger partial charge in [-0.05, 0) is 24.3 Å². The molecule has 0 amide bonds. The topological polar surface area (TPSA) is 60.4 Å². The summed E-state index contributed by atoms with van der Waals surface area (Å²) < 4.78 is 5.62. The molecule has 2 aromatic rings. The van der Waals surface area contributed by atoms with Crippen molar-refractivity contribution in [3.63, 3.8) is 0 Å². The zero-order chi connectivity index (χ0) is 15.2. The van der Waals surface area contributed by atoms with E-state index in [0.717, 1.165) is 6.92 Å². The maximum Gasteiger partial charge on any atom is 0.205 e. The van der Waals surface area contributed by atoms with Crippen LogP contribution >= 0.6 is 0 Å². The van der Waals surface area contributed by atoms with Crippen LogP contribution in [0.25, 0.3) is 0 Å². The van der Waals surface area contributed by atoms with Crippen LogP contribution in [0.3, 0.4) is 0 Å². The van der Waals surface area contributed by atoms with E-state index in [0.29, 0.717) is 17.1 Å². The second kappa shape index (κ2) is 6.61. The molecule has 0 heterocycles. The van der Waals surface area contributed by atoms with Crippen molar-refractivity contribution in [2.24, 2.45) is 0 Å². The van der Waals surface area contributed by atoms with Gasteiger partial charge in [-0.25, -0.2) is 0 Å². The standard InChI is InChI=1S/C17H14O4/c1-12(18)16(19)11-17(20)13-6-5-9-15(10-13)21-14-7-3-2-4-8-14/h2-10H,11H2,1H3. The van der Waals surface area contributed by atoms with Crippen molar-refractivity contribution in [3.05, 3.63) is 60.2 Å². The molecule has 4 nitrogen and oxygen atoms in total. The lowest BCUT2D eigenvalue weighted by molar-refractivity contribution is -0.134. The summed E-state index contributed by atoms with van der Waals surface area (Å²) in [5.74, 6) is -0.535. The minimum atomic E-state index is -0.686. The first kappa shape index (κ1) is 14.7. The molecule has 2 aromatic carbocycles. The molecule has 21 heavy (non-hydrogen) atoms. The minimum Gasteiger partial charge on any atom is -0.457 e. The van der Waals surface area contributed by atoms with Gasteiger partial charge in [0.05, 0.1) is 6.42 Å². The van der Waals surface area contributed by atoms with Crippen molar-refractivity contribution in [1.29, 1.82) is 0 Å². The number of hydrogen-bond donors (Lipinski definition) is 0. The van der Waals surface area contributed by atoms with E-state index in [1.807, 2.05) is 18.2 Å². The van der Waals surface area contributed by atoms with Gasteiger partial charge in [0.15, 0.2) is 11.6 Å². The van der Waals surface area contributed by atoms with Crippen LogP contribution in [0.4, 0.5) is 0 Å². The van der Waals surface area contributed by atoms with E-state index in [-0.39, 0.29) is 0 Å². The zero-order valence-electron chi connectivity index (χ0n) is 11.5. The summed E-state index contributed by atoms with van der Waals surface area (Å²) in [6.45, 7) is 1.16. The highest BCUT2D eigenvalue weighted by atomic mass is 16.5. The molecule has 2 rings (SSSR count). The average molecular weight is 282 g/mol. The van der Waals surface area contributed by atoms with Gasteiger partial charge in [-0.1, -0.05) is 30.3 Å². The third kappa shape index (κ3) is 4.11. The molecule has 0 unspecified atom stereocenters. The molecular weight excluding hydrogens is 268 g/mol. The lowest BCUT2D eigenvalue weighted by Gasteiger charge is -2.06. The SMILES string of the molecule is CC(=O)C(=O)CC(=O)c1cccc(Oc2ccccc2)c1. The fraction of sp³-hybridized carbons (Fsp3) is 0.118. The number of carbonyl (C=O) groups is 3. The number of rotatable bonds is 6. The Morgan fingerprint density at radius 1 is 0.905 bits per heavy atom. The molecule has 0 fully saturated rings. The average Bonchev–Trinajstić information content (AvgIpc) is 2.48. The van der Waals surface area contributed by atoms with Gasteiger partial charge in [-0.3, -0.25) is 14.4 Å². The van der Waals surface area contributed by atoms with Crippen molar-refractivity contribution in [1.82, 2.24) is 0 Å². The van der Waals surface area contributed by atoms with Gasteiger partial charge in [0, 0.05) is 12.5 Å². The van der Waals surface area contributed by atoms with E-state index in [4.69, 9.17) is 4.74 Å². The summed E-state index contributed by atoms with van der Waals surface area (Å²) in [7, 11) is 0. The first-order valence-corrected chi connectivity index (χ1v) is 6.46.